The molecule has 1 atom stereocenters. The van der Waals surface area contributed by atoms with Gasteiger partial charge in [-0.05, 0) is 35.4 Å². The van der Waals surface area contributed by atoms with E-state index in [1.165, 1.54) is 19.5 Å². The van der Waals surface area contributed by atoms with Crippen molar-refractivity contribution in [1.29, 1.82) is 0 Å². The molecule has 5 nitrogen and oxygen atoms in total. The highest BCUT2D eigenvalue weighted by atomic mass is 32.2. The lowest BCUT2D eigenvalue weighted by Crippen LogP contribution is -2.02. The van der Waals surface area contributed by atoms with Crippen LogP contribution in [0.25, 0.3) is 22.4 Å². The van der Waals surface area contributed by atoms with Crippen LogP contribution in [0.3, 0.4) is 0 Å². The predicted molar refractivity (Wildman–Crippen MR) is 96.2 cm³/mol. The molecule has 0 aliphatic carbocycles. The lowest BCUT2D eigenvalue weighted by Gasteiger charge is -2.15. The van der Waals surface area contributed by atoms with Gasteiger partial charge >= 0.3 is 0 Å². The van der Waals surface area contributed by atoms with E-state index in [0.717, 1.165) is 0 Å². The molecule has 0 radical (unpaired) electrons. The quantitative estimate of drug-likeness (QED) is 0.725. The fraction of sp³-hybridized carbons (Fsp3) is 0.111. The fourth-order valence-corrected chi connectivity index (χ4v) is 3.34. The number of nitrogen functional groups attached to an aromatic ring is 1. The number of aromatic nitrogens is 2. The van der Waals surface area contributed by atoms with E-state index < -0.39 is 17.0 Å². The van der Waals surface area contributed by atoms with Gasteiger partial charge in [0.1, 0.15) is 12.1 Å². The molecule has 0 saturated heterocycles. The molecule has 128 valence electrons. The number of nitrogens with zero attached hydrogens (tertiary/aromatic N) is 2. The van der Waals surface area contributed by atoms with E-state index >= 15 is 4.39 Å². The predicted octanol–water partition coefficient (Wildman–Crippen LogP) is 3.28. The summed E-state index contributed by atoms with van der Waals surface area (Å²) in [6.07, 6.45) is 4.35. The minimum atomic E-state index is -1.22. The Morgan fingerprint density at radius 2 is 1.76 bits per heavy atom. The second-order valence-corrected chi connectivity index (χ2v) is 6.63. The van der Waals surface area contributed by atoms with Crippen LogP contribution in [0.2, 0.25) is 0 Å². The summed E-state index contributed by atoms with van der Waals surface area (Å²) < 4.78 is 32.3. The van der Waals surface area contributed by atoms with E-state index in [9.17, 15) is 4.55 Å². The minimum absolute atomic E-state index is 0.0639. The molecule has 0 amide bonds. The molecule has 0 bridgehead atoms. The third-order valence-electron chi connectivity index (χ3n) is 3.74. The highest BCUT2D eigenvalue weighted by Gasteiger charge is 2.21. The molecule has 1 aromatic heterocycles. The van der Waals surface area contributed by atoms with Crippen molar-refractivity contribution in [2.24, 2.45) is 0 Å². The van der Waals surface area contributed by atoms with Crippen LogP contribution in [0.4, 0.5) is 10.2 Å². The monoisotopic (exact) mass is 357 g/mol. The van der Waals surface area contributed by atoms with Gasteiger partial charge in [0.25, 0.3) is 0 Å². The highest BCUT2D eigenvalue weighted by Crippen LogP contribution is 2.39. The number of nitrogens with two attached hydrogens (primary N) is 1. The fourth-order valence-electron chi connectivity index (χ4n) is 2.58. The van der Waals surface area contributed by atoms with E-state index in [1.54, 1.807) is 36.6 Å². The van der Waals surface area contributed by atoms with Gasteiger partial charge in [0.05, 0.1) is 25.2 Å². The standard InChI is InChI=1S/C18H16FN3O2S/c1-24-18-12(11-5-3-4-6-15(11)25(2)23)7-8-13(17(18)19)14-9-22-16(20)10-21-14/h3-10H,1-2H3,(H2,20,22). The van der Waals surface area contributed by atoms with E-state index in [1.807, 2.05) is 6.07 Å². The van der Waals surface area contributed by atoms with Gasteiger partial charge in [-0.25, -0.2) is 9.37 Å². The molecule has 3 rings (SSSR count). The van der Waals surface area contributed by atoms with Crippen LogP contribution < -0.4 is 10.5 Å². The van der Waals surface area contributed by atoms with E-state index in [0.29, 0.717) is 21.7 Å². The van der Waals surface area contributed by atoms with Gasteiger partial charge in [-0.15, -0.1) is 0 Å². The molecule has 25 heavy (non-hydrogen) atoms. The molecule has 0 fully saturated rings. The molecule has 1 unspecified atom stereocenters. The molecule has 2 aromatic carbocycles. The number of methoxy groups -OCH3 is 1. The average Bonchev–Trinajstić information content (AvgIpc) is 2.62. The van der Waals surface area contributed by atoms with Gasteiger partial charge < -0.3 is 15.0 Å². The molecular weight excluding hydrogens is 341 g/mol. The first kappa shape index (κ1) is 17.2. The van der Waals surface area contributed by atoms with Crippen LogP contribution in [0.15, 0.2) is 53.7 Å². The van der Waals surface area contributed by atoms with Crippen LogP contribution in [0.5, 0.6) is 5.75 Å². The first-order valence-corrected chi connectivity index (χ1v) is 8.96. The Kier molecular flexibility index (Phi) is 4.87. The van der Waals surface area contributed by atoms with E-state index in [-0.39, 0.29) is 17.1 Å². The van der Waals surface area contributed by atoms with Crippen molar-refractivity contribution in [2.75, 3.05) is 19.1 Å². The van der Waals surface area contributed by atoms with Crippen LogP contribution in [-0.4, -0.2) is 27.9 Å². The van der Waals surface area contributed by atoms with E-state index in [4.69, 9.17) is 10.5 Å². The number of halogens is 1. The summed E-state index contributed by atoms with van der Waals surface area (Å²) in [7, 11) is 1.39. The van der Waals surface area contributed by atoms with Gasteiger partial charge in [-0.2, -0.15) is 0 Å². The minimum Gasteiger partial charge on any atom is -0.612 e. The molecule has 1 heterocycles. The number of anilines is 1. The second kappa shape index (κ2) is 7.08. The number of benzene rings is 2. The zero-order valence-corrected chi connectivity index (χ0v) is 14.5. The number of hydrogen-bond donors (Lipinski definition) is 1. The Morgan fingerprint density at radius 1 is 1.04 bits per heavy atom. The van der Waals surface area contributed by atoms with Crippen molar-refractivity contribution in [1.82, 2.24) is 9.97 Å². The summed E-state index contributed by atoms with van der Waals surface area (Å²) in [5.74, 6) is -0.239. The summed E-state index contributed by atoms with van der Waals surface area (Å²) in [5, 5.41) is 0. The van der Waals surface area contributed by atoms with Crippen LogP contribution in [0, 0.1) is 5.82 Å². The molecule has 7 heteroatoms. The Labute approximate surface area is 147 Å². The van der Waals surface area contributed by atoms with Crippen LogP contribution in [-0.2, 0) is 11.2 Å². The molecule has 3 aromatic rings. The number of rotatable bonds is 4. The summed E-state index contributed by atoms with van der Waals surface area (Å²) in [4.78, 5) is 8.65. The maximum atomic E-state index is 15.0. The smallest absolute Gasteiger partial charge is 0.175 e. The van der Waals surface area contributed by atoms with Crippen LogP contribution in [0.1, 0.15) is 0 Å². The molecule has 2 N–H and O–H groups in total. The number of hydrogen-bond acceptors (Lipinski definition) is 5. The van der Waals surface area contributed by atoms with Gasteiger partial charge in [-0.3, -0.25) is 4.98 Å². The zero-order valence-electron chi connectivity index (χ0n) is 13.7. The van der Waals surface area contributed by atoms with Crippen molar-refractivity contribution < 1.29 is 13.7 Å². The van der Waals surface area contributed by atoms with Crippen LogP contribution >= 0.6 is 0 Å². The van der Waals surface area contributed by atoms with Crippen molar-refractivity contribution in [3.8, 4) is 28.1 Å². The van der Waals surface area contributed by atoms with Gasteiger partial charge in [0.15, 0.2) is 16.5 Å². The molecular formula is C18H16FN3O2S. The SMILES string of the molecule is COc1c(-c2ccccc2[S+](C)[O-])ccc(-c2cnc(N)cn2)c1F. The van der Waals surface area contributed by atoms with Crippen molar-refractivity contribution in [3.63, 3.8) is 0 Å². The molecule has 0 saturated carbocycles. The summed E-state index contributed by atoms with van der Waals surface area (Å²) in [6, 6.07) is 10.5. The molecule has 0 aliphatic heterocycles. The normalized spacial score (nSPS) is 12.0. The van der Waals surface area contributed by atoms with Gasteiger partial charge in [0, 0.05) is 16.7 Å². The summed E-state index contributed by atoms with van der Waals surface area (Å²) in [6.45, 7) is 0. The van der Waals surface area contributed by atoms with Crippen molar-refractivity contribution in [3.05, 3.63) is 54.6 Å². The molecule has 0 spiro atoms. The maximum absolute atomic E-state index is 15.0. The van der Waals surface area contributed by atoms with Crippen molar-refractivity contribution in [2.45, 2.75) is 4.90 Å². The summed E-state index contributed by atoms with van der Waals surface area (Å²) >= 11 is -1.22. The van der Waals surface area contributed by atoms with Gasteiger partial charge in [0.2, 0.25) is 0 Å². The first-order chi connectivity index (χ1) is 12.0. The highest BCUT2D eigenvalue weighted by molar-refractivity contribution is 7.90. The lowest BCUT2D eigenvalue weighted by atomic mass is 10.0. The first-order valence-electron chi connectivity index (χ1n) is 7.40. The lowest BCUT2D eigenvalue weighted by molar-refractivity contribution is 0.389. The van der Waals surface area contributed by atoms with E-state index in [2.05, 4.69) is 9.97 Å². The largest absolute Gasteiger partial charge is 0.612 e. The topological polar surface area (TPSA) is 84.1 Å². The zero-order chi connectivity index (χ0) is 18.0. The average molecular weight is 357 g/mol. The Balaban J connectivity index is 2.18. The Bertz CT molecular complexity index is 901. The molecule has 0 aliphatic rings. The van der Waals surface area contributed by atoms with Crippen molar-refractivity contribution >= 4 is 17.0 Å². The Hall–Kier alpha value is -2.64. The third-order valence-corrected chi connectivity index (χ3v) is 4.71. The Morgan fingerprint density at radius 3 is 2.40 bits per heavy atom. The third kappa shape index (κ3) is 3.29. The van der Waals surface area contributed by atoms with Gasteiger partial charge in [-0.1, -0.05) is 12.1 Å². The summed E-state index contributed by atoms with van der Waals surface area (Å²) in [5.41, 5.74) is 7.31. The number of ether oxygens (including phenoxy) is 1. The second-order valence-electron chi connectivity index (χ2n) is 5.28. The maximum Gasteiger partial charge on any atom is 0.175 e.